The Bertz CT molecular complexity index is 635. The lowest BCUT2D eigenvalue weighted by Crippen LogP contribution is -2.43. The quantitative estimate of drug-likeness (QED) is 0.818. The third-order valence-electron chi connectivity index (χ3n) is 7.50. The van der Waals surface area contributed by atoms with Gasteiger partial charge < -0.3 is 10.2 Å². The summed E-state index contributed by atoms with van der Waals surface area (Å²) < 4.78 is 0. The summed E-state index contributed by atoms with van der Waals surface area (Å²) in [5.41, 5.74) is 4.17. The number of aliphatic hydroxyl groups excluding tert-OH is 1. The van der Waals surface area contributed by atoms with Crippen molar-refractivity contribution in [2.75, 3.05) is 0 Å². The number of fused-ring (bicyclic) bond motifs is 5. The minimum Gasteiger partial charge on any atom is -0.508 e. The summed E-state index contributed by atoms with van der Waals surface area (Å²) >= 11 is 0. The molecule has 0 saturated heterocycles. The zero-order chi connectivity index (χ0) is 17.1. The van der Waals surface area contributed by atoms with E-state index in [2.05, 4.69) is 32.9 Å². The Morgan fingerprint density at radius 1 is 1.17 bits per heavy atom. The maximum atomic E-state index is 10.5. The van der Waals surface area contributed by atoms with E-state index in [0.717, 1.165) is 37.2 Å². The van der Waals surface area contributed by atoms with Crippen molar-refractivity contribution in [2.45, 2.75) is 77.7 Å². The molecule has 4 rings (SSSR count). The summed E-state index contributed by atoms with van der Waals surface area (Å²) in [5.74, 6) is 3.11. The third-order valence-corrected chi connectivity index (χ3v) is 7.50. The van der Waals surface area contributed by atoms with Gasteiger partial charge in [-0.1, -0.05) is 26.8 Å². The molecule has 0 bridgehead atoms. The molecule has 1 aromatic rings. The lowest BCUT2D eigenvalue weighted by atomic mass is 9.55. The number of aryl methyl sites for hydroxylation is 1. The predicted octanol–water partition coefficient (Wildman–Crippen LogP) is 4.81. The van der Waals surface area contributed by atoms with Crippen LogP contribution in [0.2, 0.25) is 0 Å². The Morgan fingerprint density at radius 2 is 1.96 bits per heavy atom. The number of aromatic hydroxyl groups is 1. The first-order valence-corrected chi connectivity index (χ1v) is 9.93. The van der Waals surface area contributed by atoms with Crippen LogP contribution in [0.5, 0.6) is 5.75 Å². The largest absolute Gasteiger partial charge is 0.508 e. The summed E-state index contributed by atoms with van der Waals surface area (Å²) in [4.78, 5) is 0. The van der Waals surface area contributed by atoms with Crippen LogP contribution in [-0.2, 0) is 12.8 Å². The Morgan fingerprint density at radius 3 is 2.71 bits per heavy atom. The SMILES string of the molecule is CC(C)Cc1cc2c(cc1O)CC[C@H]1[C@@H]2CC[C@]2(C)[C@@H]1CC[C@@H]2O. The summed E-state index contributed by atoms with van der Waals surface area (Å²) in [6, 6.07) is 4.39. The van der Waals surface area contributed by atoms with Gasteiger partial charge in [0, 0.05) is 0 Å². The number of phenolic OH excluding ortho intramolecular Hbond substituents is 1. The molecule has 0 spiro atoms. The number of hydrogen-bond acceptors (Lipinski definition) is 2. The van der Waals surface area contributed by atoms with Crippen LogP contribution in [0.4, 0.5) is 0 Å². The maximum Gasteiger partial charge on any atom is 0.119 e. The van der Waals surface area contributed by atoms with Crippen molar-refractivity contribution in [2.24, 2.45) is 23.2 Å². The molecule has 2 saturated carbocycles. The molecule has 5 atom stereocenters. The molecule has 132 valence electrons. The molecular weight excluding hydrogens is 296 g/mol. The Labute approximate surface area is 146 Å². The van der Waals surface area contributed by atoms with Gasteiger partial charge in [-0.15, -0.1) is 0 Å². The van der Waals surface area contributed by atoms with E-state index in [-0.39, 0.29) is 11.5 Å². The van der Waals surface area contributed by atoms with Crippen LogP contribution in [0.15, 0.2) is 12.1 Å². The van der Waals surface area contributed by atoms with Gasteiger partial charge in [0.1, 0.15) is 5.75 Å². The van der Waals surface area contributed by atoms with E-state index in [1.165, 1.54) is 30.4 Å². The van der Waals surface area contributed by atoms with Gasteiger partial charge in [-0.2, -0.15) is 0 Å². The molecule has 24 heavy (non-hydrogen) atoms. The van der Waals surface area contributed by atoms with Crippen molar-refractivity contribution < 1.29 is 10.2 Å². The second-order valence-electron chi connectivity index (χ2n) is 9.33. The molecule has 2 N–H and O–H groups in total. The molecule has 3 aliphatic carbocycles. The highest BCUT2D eigenvalue weighted by atomic mass is 16.3. The van der Waals surface area contributed by atoms with Crippen LogP contribution in [0.3, 0.4) is 0 Å². The van der Waals surface area contributed by atoms with Crippen LogP contribution in [0.25, 0.3) is 0 Å². The van der Waals surface area contributed by atoms with Crippen molar-refractivity contribution in [1.82, 2.24) is 0 Å². The van der Waals surface area contributed by atoms with Crippen molar-refractivity contribution in [3.8, 4) is 5.75 Å². The average molecular weight is 328 g/mol. The molecule has 0 amide bonds. The lowest BCUT2D eigenvalue weighted by Gasteiger charge is -2.50. The van der Waals surface area contributed by atoms with Gasteiger partial charge in [0.05, 0.1) is 6.10 Å². The van der Waals surface area contributed by atoms with Gasteiger partial charge in [0.15, 0.2) is 0 Å². The van der Waals surface area contributed by atoms with Gasteiger partial charge in [-0.25, -0.2) is 0 Å². The van der Waals surface area contributed by atoms with E-state index in [0.29, 0.717) is 23.5 Å². The smallest absolute Gasteiger partial charge is 0.119 e. The summed E-state index contributed by atoms with van der Waals surface area (Å²) in [5, 5.41) is 20.9. The van der Waals surface area contributed by atoms with Crippen molar-refractivity contribution >= 4 is 0 Å². The summed E-state index contributed by atoms with van der Waals surface area (Å²) in [6.07, 6.45) is 7.73. The standard InChI is InChI=1S/C22H32O2/c1-13(2)10-15-11-18-14(12-20(15)23)4-5-17-16(18)8-9-22(3)19(17)6-7-21(22)24/h11-13,16-17,19,21,23-24H,4-10H2,1-3H3/t16-,17-,19+,21-,22+/m0/s1. The monoisotopic (exact) mass is 328 g/mol. The molecule has 2 fully saturated rings. The van der Waals surface area contributed by atoms with Crippen LogP contribution >= 0.6 is 0 Å². The van der Waals surface area contributed by atoms with E-state index in [4.69, 9.17) is 0 Å². The molecule has 0 aliphatic heterocycles. The van der Waals surface area contributed by atoms with Crippen molar-refractivity contribution in [3.63, 3.8) is 0 Å². The number of benzene rings is 1. The fourth-order valence-electron chi connectivity index (χ4n) is 6.23. The molecule has 2 heteroatoms. The number of aliphatic hydroxyl groups is 1. The van der Waals surface area contributed by atoms with E-state index in [9.17, 15) is 10.2 Å². The molecule has 0 radical (unpaired) electrons. The van der Waals surface area contributed by atoms with Crippen LogP contribution < -0.4 is 0 Å². The molecule has 1 aromatic carbocycles. The highest BCUT2D eigenvalue weighted by Crippen LogP contribution is 2.61. The fraction of sp³-hybridized carbons (Fsp3) is 0.727. The topological polar surface area (TPSA) is 40.5 Å². The van der Waals surface area contributed by atoms with Crippen molar-refractivity contribution in [1.29, 1.82) is 0 Å². The van der Waals surface area contributed by atoms with Crippen LogP contribution in [-0.4, -0.2) is 16.3 Å². The highest BCUT2D eigenvalue weighted by molar-refractivity contribution is 5.45. The first-order valence-electron chi connectivity index (χ1n) is 9.93. The van der Waals surface area contributed by atoms with Crippen LogP contribution in [0, 0.1) is 23.2 Å². The molecule has 3 aliphatic rings. The van der Waals surface area contributed by atoms with E-state index >= 15 is 0 Å². The van der Waals surface area contributed by atoms with Gasteiger partial charge in [0.25, 0.3) is 0 Å². The average Bonchev–Trinajstić information content (AvgIpc) is 2.83. The fourth-order valence-corrected chi connectivity index (χ4v) is 6.23. The molecule has 0 heterocycles. The Kier molecular flexibility index (Phi) is 3.95. The Hall–Kier alpha value is -1.02. The first kappa shape index (κ1) is 16.4. The minimum atomic E-state index is -0.0961. The zero-order valence-corrected chi connectivity index (χ0v) is 15.4. The molecule has 0 unspecified atom stereocenters. The van der Waals surface area contributed by atoms with Gasteiger partial charge in [-0.3, -0.25) is 0 Å². The van der Waals surface area contributed by atoms with Crippen molar-refractivity contribution in [3.05, 3.63) is 28.8 Å². The van der Waals surface area contributed by atoms with Gasteiger partial charge in [-0.05, 0) is 96.8 Å². The second kappa shape index (κ2) is 5.76. The molecular formula is C22H32O2. The maximum absolute atomic E-state index is 10.5. The number of hydrogen-bond donors (Lipinski definition) is 2. The van der Waals surface area contributed by atoms with E-state index in [1.807, 2.05) is 0 Å². The van der Waals surface area contributed by atoms with Gasteiger partial charge >= 0.3 is 0 Å². The predicted molar refractivity (Wildman–Crippen MR) is 97.3 cm³/mol. The van der Waals surface area contributed by atoms with Gasteiger partial charge in [0.2, 0.25) is 0 Å². The summed E-state index contributed by atoms with van der Waals surface area (Å²) in [6.45, 7) is 6.77. The summed E-state index contributed by atoms with van der Waals surface area (Å²) in [7, 11) is 0. The molecule has 0 aromatic heterocycles. The minimum absolute atomic E-state index is 0.0961. The first-order chi connectivity index (χ1) is 11.4. The Balaban J connectivity index is 1.69. The molecule has 2 nitrogen and oxygen atoms in total. The highest BCUT2D eigenvalue weighted by Gasteiger charge is 2.54. The number of phenols is 1. The number of rotatable bonds is 2. The second-order valence-corrected chi connectivity index (χ2v) is 9.33. The van der Waals surface area contributed by atoms with E-state index < -0.39 is 0 Å². The van der Waals surface area contributed by atoms with Crippen LogP contribution in [0.1, 0.15) is 75.5 Å². The van der Waals surface area contributed by atoms with E-state index in [1.54, 1.807) is 0 Å². The zero-order valence-electron chi connectivity index (χ0n) is 15.4. The third kappa shape index (κ3) is 2.41. The normalized spacial score (nSPS) is 37.9. The lowest BCUT2D eigenvalue weighted by molar-refractivity contribution is -0.0226.